The second-order valence-electron chi connectivity index (χ2n) is 4.08. The van der Waals surface area contributed by atoms with E-state index in [9.17, 15) is 9.59 Å². The molecule has 7 heteroatoms. The minimum atomic E-state index is -0.575. The van der Waals surface area contributed by atoms with Crippen LogP contribution in [0.4, 0.5) is 5.69 Å². The Balaban J connectivity index is 1.82. The number of carbonyl (C=O) groups excluding carboxylic acids is 2. The lowest BCUT2D eigenvalue weighted by atomic mass is 10.3. The minimum absolute atomic E-state index is 0.291. The third kappa shape index (κ3) is 4.64. The number of hydrogen-bond donors (Lipinski definition) is 2. The first-order valence-electron chi connectivity index (χ1n) is 6.03. The van der Waals surface area contributed by atoms with Crippen molar-refractivity contribution in [2.24, 2.45) is 0 Å². The first-order valence-corrected chi connectivity index (χ1v) is 8.05. The van der Waals surface area contributed by atoms with Gasteiger partial charge in [0.1, 0.15) is 5.69 Å². The maximum Gasteiger partial charge on any atom is 0.355 e. The van der Waals surface area contributed by atoms with Gasteiger partial charge in [0.2, 0.25) is 0 Å². The van der Waals surface area contributed by atoms with E-state index in [0.717, 1.165) is 9.37 Å². The van der Waals surface area contributed by atoms with Gasteiger partial charge in [0.05, 0.1) is 0 Å². The standard InChI is InChI=1S/C14H13BrN2O3S/c1-21-11-4-2-10(3-5-11)17-13(18)8-20-14(19)12-6-9(15)7-16-12/h2-7,16H,8H2,1H3,(H,17,18). The molecule has 0 unspecified atom stereocenters. The summed E-state index contributed by atoms with van der Waals surface area (Å²) in [5.41, 5.74) is 0.954. The average Bonchev–Trinajstić information content (AvgIpc) is 2.92. The Bertz CT molecular complexity index is 640. The SMILES string of the molecule is CSc1ccc(NC(=O)COC(=O)c2cc(Br)c[nH]2)cc1. The number of nitrogens with one attached hydrogen (secondary N) is 2. The van der Waals surface area contributed by atoms with Crippen molar-refractivity contribution in [2.75, 3.05) is 18.2 Å². The minimum Gasteiger partial charge on any atom is -0.451 e. The molecule has 1 heterocycles. The highest BCUT2D eigenvalue weighted by atomic mass is 79.9. The van der Waals surface area contributed by atoms with Gasteiger partial charge in [0.15, 0.2) is 6.61 Å². The molecule has 2 N–H and O–H groups in total. The van der Waals surface area contributed by atoms with Gasteiger partial charge in [-0.05, 0) is 52.5 Å². The van der Waals surface area contributed by atoms with Gasteiger partial charge in [-0.1, -0.05) is 0 Å². The van der Waals surface area contributed by atoms with E-state index in [4.69, 9.17) is 4.74 Å². The van der Waals surface area contributed by atoms with Gasteiger partial charge < -0.3 is 15.0 Å². The van der Waals surface area contributed by atoms with Gasteiger partial charge in [-0.3, -0.25) is 4.79 Å². The number of aromatic amines is 1. The summed E-state index contributed by atoms with van der Waals surface area (Å²) in [6.45, 7) is -0.334. The summed E-state index contributed by atoms with van der Waals surface area (Å²) < 4.78 is 5.66. The fourth-order valence-electron chi connectivity index (χ4n) is 1.57. The van der Waals surface area contributed by atoms with Gasteiger partial charge in [-0.15, -0.1) is 11.8 Å². The molecule has 5 nitrogen and oxygen atoms in total. The van der Waals surface area contributed by atoms with Gasteiger partial charge in [0, 0.05) is 21.3 Å². The molecule has 0 fully saturated rings. The summed E-state index contributed by atoms with van der Waals surface area (Å²) in [7, 11) is 0. The molecule has 0 aliphatic carbocycles. The average molecular weight is 369 g/mol. The van der Waals surface area contributed by atoms with E-state index in [2.05, 4.69) is 26.2 Å². The van der Waals surface area contributed by atoms with Crippen molar-refractivity contribution in [3.05, 3.63) is 46.7 Å². The van der Waals surface area contributed by atoms with Crippen LogP contribution >= 0.6 is 27.7 Å². The van der Waals surface area contributed by atoms with E-state index in [1.165, 1.54) is 0 Å². The number of anilines is 1. The molecule has 2 aromatic rings. The summed E-state index contributed by atoms with van der Waals surface area (Å²) in [5, 5.41) is 2.66. The largest absolute Gasteiger partial charge is 0.451 e. The number of H-pyrrole nitrogens is 1. The fraction of sp³-hybridized carbons (Fsp3) is 0.143. The lowest BCUT2D eigenvalue weighted by Crippen LogP contribution is -2.21. The van der Waals surface area contributed by atoms with Gasteiger partial charge in [-0.2, -0.15) is 0 Å². The Morgan fingerprint density at radius 2 is 2.05 bits per heavy atom. The summed E-state index contributed by atoms with van der Waals surface area (Å²) in [4.78, 5) is 27.2. The lowest BCUT2D eigenvalue weighted by molar-refractivity contribution is -0.119. The van der Waals surface area contributed by atoms with E-state index in [1.54, 1.807) is 36.2 Å². The normalized spacial score (nSPS) is 10.2. The molecule has 110 valence electrons. The zero-order chi connectivity index (χ0) is 15.2. The smallest absolute Gasteiger partial charge is 0.355 e. The number of thioether (sulfide) groups is 1. The number of carbonyl (C=O) groups is 2. The van der Waals surface area contributed by atoms with Crippen LogP contribution in [-0.2, 0) is 9.53 Å². The molecule has 2 rings (SSSR count). The van der Waals surface area contributed by atoms with E-state index in [1.807, 2.05) is 18.4 Å². The van der Waals surface area contributed by atoms with Gasteiger partial charge in [-0.25, -0.2) is 4.79 Å². The Kier molecular flexibility index (Phi) is 5.46. The summed E-state index contributed by atoms with van der Waals surface area (Å²) in [5.74, 6) is -0.959. The van der Waals surface area contributed by atoms with Crippen molar-refractivity contribution in [3.63, 3.8) is 0 Å². The highest BCUT2D eigenvalue weighted by Crippen LogP contribution is 2.17. The quantitative estimate of drug-likeness (QED) is 0.627. The van der Waals surface area contributed by atoms with Crippen molar-refractivity contribution in [1.29, 1.82) is 0 Å². The molecule has 0 aliphatic rings. The Morgan fingerprint density at radius 3 is 2.62 bits per heavy atom. The Morgan fingerprint density at radius 1 is 1.33 bits per heavy atom. The van der Waals surface area contributed by atoms with Crippen LogP contribution in [0.15, 0.2) is 45.9 Å². The van der Waals surface area contributed by atoms with Crippen LogP contribution in [0.2, 0.25) is 0 Å². The van der Waals surface area contributed by atoms with Crippen LogP contribution in [-0.4, -0.2) is 29.7 Å². The molecule has 0 saturated heterocycles. The van der Waals surface area contributed by atoms with Crippen molar-refractivity contribution >= 4 is 45.3 Å². The molecule has 0 spiro atoms. The maximum atomic E-state index is 11.7. The molecule has 1 aromatic carbocycles. The second kappa shape index (κ2) is 7.33. The van der Waals surface area contributed by atoms with E-state index in [0.29, 0.717) is 11.4 Å². The number of ether oxygens (including phenoxy) is 1. The molecule has 1 aromatic heterocycles. The highest BCUT2D eigenvalue weighted by molar-refractivity contribution is 9.10. The van der Waals surface area contributed by atoms with Crippen LogP contribution in [0.25, 0.3) is 0 Å². The second-order valence-corrected chi connectivity index (χ2v) is 5.88. The molecule has 0 radical (unpaired) electrons. The summed E-state index contributed by atoms with van der Waals surface area (Å²) in [6, 6.07) is 8.99. The number of rotatable bonds is 5. The molecule has 0 atom stereocenters. The number of halogens is 1. The van der Waals surface area contributed by atoms with Crippen molar-refractivity contribution in [3.8, 4) is 0 Å². The van der Waals surface area contributed by atoms with Crippen LogP contribution in [0.3, 0.4) is 0 Å². The van der Waals surface area contributed by atoms with E-state index < -0.39 is 5.97 Å². The predicted octanol–water partition coefficient (Wildman–Crippen LogP) is 3.29. The van der Waals surface area contributed by atoms with E-state index >= 15 is 0 Å². The third-order valence-corrected chi connectivity index (χ3v) is 3.78. The number of hydrogen-bond acceptors (Lipinski definition) is 4. The molecule has 0 bridgehead atoms. The third-order valence-electron chi connectivity index (χ3n) is 2.58. The number of benzene rings is 1. The van der Waals surface area contributed by atoms with Crippen LogP contribution in [0.1, 0.15) is 10.5 Å². The van der Waals surface area contributed by atoms with Crippen LogP contribution in [0.5, 0.6) is 0 Å². The molecule has 0 aliphatic heterocycles. The molecular formula is C14H13BrN2O3S. The number of esters is 1. The van der Waals surface area contributed by atoms with E-state index in [-0.39, 0.29) is 12.5 Å². The predicted molar refractivity (Wildman–Crippen MR) is 85.6 cm³/mol. The maximum absolute atomic E-state index is 11.7. The summed E-state index contributed by atoms with van der Waals surface area (Å²) >= 11 is 4.84. The molecule has 1 amide bonds. The lowest BCUT2D eigenvalue weighted by Gasteiger charge is -2.06. The van der Waals surface area contributed by atoms with Gasteiger partial charge in [0.25, 0.3) is 5.91 Å². The topological polar surface area (TPSA) is 71.2 Å². The van der Waals surface area contributed by atoms with Crippen LogP contribution < -0.4 is 5.32 Å². The zero-order valence-electron chi connectivity index (χ0n) is 11.2. The number of amides is 1. The van der Waals surface area contributed by atoms with Gasteiger partial charge >= 0.3 is 5.97 Å². The first kappa shape index (κ1) is 15.7. The Labute approximate surface area is 134 Å². The van der Waals surface area contributed by atoms with Crippen molar-refractivity contribution < 1.29 is 14.3 Å². The molecular weight excluding hydrogens is 356 g/mol. The monoisotopic (exact) mass is 368 g/mol. The zero-order valence-corrected chi connectivity index (χ0v) is 13.6. The van der Waals surface area contributed by atoms with Crippen molar-refractivity contribution in [1.82, 2.24) is 4.98 Å². The molecule has 21 heavy (non-hydrogen) atoms. The highest BCUT2D eigenvalue weighted by Gasteiger charge is 2.12. The summed E-state index contributed by atoms with van der Waals surface area (Å²) in [6.07, 6.45) is 3.59. The van der Waals surface area contributed by atoms with Crippen molar-refractivity contribution in [2.45, 2.75) is 4.90 Å². The molecule has 0 saturated carbocycles. The fourth-order valence-corrected chi connectivity index (χ4v) is 2.32. The number of aromatic nitrogens is 1. The Hall–Kier alpha value is -1.73. The first-order chi connectivity index (χ1) is 10.1. The van der Waals surface area contributed by atoms with Crippen LogP contribution in [0, 0.1) is 0 Å².